The third-order valence-electron chi connectivity index (χ3n) is 3.97. The number of amides is 1. The first kappa shape index (κ1) is 16.1. The standard InChI is InChI=1S/C17H17N3O4/c21-16(13-9-19-14(10-18-13)17(22)23)20-8-12-6-7-24-15(12)11-4-2-1-3-5-11/h1-5,9-10,12,15H,6-8H2,(H,20,21)(H,22,23)/t12-,15-/m1/s1. The Labute approximate surface area is 138 Å². The molecule has 1 aromatic heterocycles. The summed E-state index contributed by atoms with van der Waals surface area (Å²) in [5, 5.41) is 11.6. The van der Waals surface area contributed by atoms with Crippen molar-refractivity contribution in [3.8, 4) is 0 Å². The molecule has 24 heavy (non-hydrogen) atoms. The molecular formula is C17H17N3O4. The van der Waals surface area contributed by atoms with Crippen LogP contribution in [0.4, 0.5) is 0 Å². The predicted octanol–water partition coefficient (Wildman–Crippen LogP) is 1.68. The molecule has 3 rings (SSSR count). The molecule has 0 radical (unpaired) electrons. The van der Waals surface area contributed by atoms with Gasteiger partial charge in [0.05, 0.1) is 18.5 Å². The minimum absolute atomic E-state index is 0.0352. The van der Waals surface area contributed by atoms with Gasteiger partial charge in [-0.3, -0.25) is 4.79 Å². The van der Waals surface area contributed by atoms with Gasteiger partial charge in [0.2, 0.25) is 0 Å². The van der Waals surface area contributed by atoms with Gasteiger partial charge in [-0.05, 0) is 12.0 Å². The van der Waals surface area contributed by atoms with E-state index in [0.717, 1.165) is 18.2 Å². The largest absolute Gasteiger partial charge is 0.476 e. The lowest BCUT2D eigenvalue weighted by atomic mass is 9.95. The molecular weight excluding hydrogens is 310 g/mol. The number of aromatic carboxylic acids is 1. The maximum absolute atomic E-state index is 12.1. The molecule has 1 aliphatic heterocycles. The van der Waals surface area contributed by atoms with Crippen LogP contribution in [0, 0.1) is 5.92 Å². The number of carboxylic acids is 1. The summed E-state index contributed by atoms with van der Waals surface area (Å²) in [7, 11) is 0. The van der Waals surface area contributed by atoms with E-state index < -0.39 is 5.97 Å². The van der Waals surface area contributed by atoms with Gasteiger partial charge in [-0.2, -0.15) is 0 Å². The third kappa shape index (κ3) is 3.57. The van der Waals surface area contributed by atoms with Gasteiger partial charge >= 0.3 is 5.97 Å². The fourth-order valence-electron chi connectivity index (χ4n) is 2.72. The van der Waals surface area contributed by atoms with E-state index in [9.17, 15) is 9.59 Å². The van der Waals surface area contributed by atoms with E-state index in [-0.39, 0.29) is 29.3 Å². The zero-order chi connectivity index (χ0) is 16.9. The molecule has 1 aliphatic rings. The van der Waals surface area contributed by atoms with Crippen molar-refractivity contribution in [3.05, 3.63) is 59.7 Å². The van der Waals surface area contributed by atoms with E-state index in [0.29, 0.717) is 13.2 Å². The average Bonchev–Trinajstić information content (AvgIpc) is 3.09. The molecule has 1 amide bonds. The Hall–Kier alpha value is -2.80. The number of carbonyl (C=O) groups is 2. The van der Waals surface area contributed by atoms with Crippen molar-refractivity contribution in [2.75, 3.05) is 13.2 Å². The lowest BCUT2D eigenvalue weighted by Gasteiger charge is -2.19. The quantitative estimate of drug-likeness (QED) is 0.866. The number of carboxylic acid groups (broad SMARTS) is 1. The molecule has 2 aromatic rings. The van der Waals surface area contributed by atoms with Crippen molar-refractivity contribution in [2.24, 2.45) is 5.92 Å². The van der Waals surface area contributed by atoms with E-state index in [1.165, 1.54) is 6.20 Å². The molecule has 7 nitrogen and oxygen atoms in total. The average molecular weight is 327 g/mol. The number of rotatable bonds is 5. The van der Waals surface area contributed by atoms with Crippen molar-refractivity contribution < 1.29 is 19.4 Å². The van der Waals surface area contributed by atoms with Crippen LogP contribution in [0.25, 0.3) is 0 Å². The molecule has 0 aliphatic carbocycles. The molecule has 1 saturated heterocycles. The van der Waals surface area contributed by atoms with Gasteiger partial charge in [0.15, 0.2) is 5.69 Å². The first-order valence-corrected chi connectivity index (χ1v) is 7.65. The predicted molar refractivity (Wildman–Crippen MR) is 84.6 cm³/mol. The van der Waals surface area contributed by atoms with Gasteiger partial charge in [-0.15, -0.1) is 0 Å². The third-order valence-corrected chi connectivity index (χ3v) is 3.97. The molecule has 2 N–H and O–H groups in total. The summed E-state index contributed by atoms with van der Waals surface area (Å²) >= 11 is 0. The highest BCUT2D eigenvalue weighted by Crippen LogP contribution is 2.33. The van der Waals surface area contributed by atoms with E-state index in [1.807, 2.05) is 30.3 Å². The van der Waals surface area contributed by atoms with Gasteiger partial charge < -0.3 is 15.2 Å². The number of aromatic nitrogens is 2. The minimum atomic E-state index is -1.18. The second-order valence-electron chi connectivity index (χ2n) is 5.55. The van der Waals surface area contributed by atoms with Gasteiger partial charge in [0, 0.05) is 19.1 Å². The van der Waals surface area contributed by atoms with Crippen molar-refractivity contribution in [1.29, 1.82) is 0 Å². The normalized spacial score (nSPS) is 19.8. The summed E-state index contributed by atoms with van der Waals surface area (Å²) in [4.78, 5) is 30.4. The van der Waals surface area contributed by atoms with Crippen LogP contribution in [0.2, 0.25) is 0 Å². The van der Waals surface area contributed by atoms with Crippen molar-refractivity contribution in [1.82, 2.24) is 15.3 Å². The monoisotopic (exact) mass is 327 g/mol. The number of ether oxygens (including phenoxy) is 1. The summed E-state index contributed by atoms with van der Waals surface area (Å²) in [6.45, 7) is 1.12. The summed E-state index contributed by atoms with van der Waals surface area (Å²) in [5.41, 5.74) is 0.995. The molecule has 1 aromatic carbocycles. The summed E-state index contributed by atoms with van der Waals surface area (Å²) in [6.07, 6.45) is 3.07. The molecule has 2 heterocycles. The lowest BCUT2D eigenvalue weighted by Crippen LogP contribution is -2.31. The summed E-state index contributed by atoms with van der Waals surface area (Å²) in [5.74, 6) is -1.37. The number of nitrogens with zero attached hydrogens (tertiary/aromatic N) is 2. The van der Waals surface area contributed by atoms with Gasteiger partial charge in [-0.1, -0.05) is 30.3 Å². The fourth-order valence-corrected chi connectivity index (χ4v) is 2.72. The lowest BCUT2D eigenvalue weighted by molar-refractivity contribution is 0.0688. The van der Waals surface area contributed by atoms with Crippen LogP contribution in [-0.2, 0) is 4.74 Å². The van der Waals surface area contributed by atoms with E-state index >= 15 is 0 Å². The van der Waals surface area contributed by atoms with E-state index in [2.05, 4.69) is 15.3 Å². The molecule has 124 valence electrons. The molecule has 0 unspecified atom stereocenters. The maximum atomic E-state index is 12.1. The number of benzene rings is 1. The van der Waals surface area contributed by atoms with Crippen LogP contribution in [-0.4, -0.2) is 40.1 Å². The Morgan fingerprint density at radius 1 is 1.17 bits per heavy atom. The first-order valence-electron chi connectivity index (χ1n) is 7.65. The number of hydrogen-bond donors (Lipinski definition) is 2. The highest BCUT2D eigenvalue weighted by atomic mass is 16.5. The molecule has 0 spiro atoms. The van der Waals surface area contributed by atoms with Gasteiger partial charge in [0.1, 0.15) is 5.69 Å². The first-order chi connectivity index (χ1) is 11.6. The van der Waals surface area contributed by atoms with Crippen molar-refractivity contribution in [2.45, 2.75) is 12.5 Å². The topological polar surface area (TPSA) is 101 Å². The Bertz CT molecular complexity index is 718. The molecule has 0 bridgehead atoms. The van der Waals surface area contributed by atoms with Crippen LogP contribution in [0.1, 0.15) is 39.1 Å². The van der Waals surface area contributed by atoms with Gasteiger partial charge in [-0.25, -0.2) is 14.8 Å². The Kier molecular flexibility index (Phi) is 4.81. The summed E-state index contributed by atoms with van der Waals surface area (Å²) < 4.78 is 5.79. The Morgan fingerprint density at radius 3 is 2.54 bits per heavy atom. The van der Waals surface area contributed by atoms with Crippen LogP contribution >= 0.6 is 0 Å². The fraction of sp³-hybridized carbons (Fsp3) is 0.294. The molecule has 2 atom stereocenters. The van der Waals surface area contributed by atoms with Crippen LogP contribution in [0.5, 0.6) is 0 Å². The second kappa shape index (κ2) is 7.18. The Balaban J connectivity index is 1.60. The van der Waals surface area contributed by atoms with Crippen LogP contribution in [0.3, 0.4) is 0 Å². The Morgan fingerprint density at radius 2 is 1.88 bits per heavy atom. The zero-order valence-electron chi connectivity index (χ0n) is 12.9. The zero-order valence-corrected chi connectivity index (χ0v) is 12.9. The smallest absolute Gasteiger partial charge is 0.356 e. The summed E-state index contributed by atoms with van der Waals surface area (Å²) in [6, 6.07) is 9.91. The van der Waals surface area contributed by atoms with Crippen molar-refractivity contribution in [3.63, 3.8) is 0 Å². The van der Waals surface area contributed by atoms with E-state index in [4.69, 9.17) is 9.84 Å². The number of carbonyl (C=O) groups excluding carboxylic acids is 1. The maximum Gasteiger partial charge on any atom is 0.356 e. The second-order valence-corrected chi connectivity index (χ2v) is 5.55. The van der Waals surface area contributed by atoms with Crippen molar-refractivity contribution >= 4 is 11.9 Å². The van der Waals surface area contributed by atoms with Crippen LogP contribution < -0.4 is 5.32 Å². The SMILES string of the molecule is O=C(O)c1cnc(C(=O)NC[C@H]2CCO[C@@H]2c2ccccc2)cn1. The van der Waals surface area contributed by atoms with E-state index in [1.54, 1.807) is 0 Å². The minimum Gasteiger partial charge on any atom is -0.476 e. The molecule has 7 heteroatoms. The van der Waals surface area contributed by atoms with Crippen LogP contribution in [0.15, 0.2) is 42.7 Å². The highest BCUT2D eigenvalue weighted by Gasteiger charge is 2.29. The highest BCUT2D eigenvalue weighted by molar-refractivity contribution is 5.92. The van der Waals surface area contributed by atoms with Gasteiger partial charge in [0.25, 0.3) is 5.91 Å². The number of hydrogen-bond acceptors (Lipinski definition) is 5. The molecule has 0 saturated carbocycles. The number of nitrogens with one attached hydrogen (secondary N) is 1. The molecule has 1 fully saturated rings.